The fourth-order valence-corrected chi connectivity index (χ4v) is 8.34. The normalized spacial score (nSPS) is 31.1. The van der Waals surface area contributed by atoms with Crippen molar-refractivity contribution >= 4 is 29.2 Å². The zero-order valence-corrected chi connectivity index (χ0v) is 28.7. The molecule has 1 N–H and O–H groups in total. The number of allylic oxidation sites excluding steroid dienone is 5. The lowest BCUT2D eigenvalue weighted by Crippen LogP contribution is -2.68. The summed E-state index contributed by atoms with van der Waals surface area (Å²) in [5.41, 5.74) is -0.593. The fourth-order valence-electron chi connectivity index (χ4n) is 7.75. The van der Waals surface area contributed by atoms with E-state index in [1.54, 1.807) is 12.3 Å². The maximum Gasteiger partial charge on any atom is 0.339 e. The van der Waals surface area contributed by atoms with Crippen LogP contribution >= 0.6 is 23.2 Å². The Bertz CT molecular complexity index is 1560. The zero-order valence-electron chi connectivity index (χ0n) is 27.2. The number of carbonyl (C=O) groups is 1. The third-order valence-electron chi connectivity index (χ3n) is 9.95. The van der Waals surface area contributed by atoms with Crippen LogP contribution in [0.3, 0.4) is 0 Å². The van der Waals surface area contributed by atoms with Crippen LogP contribution in [0.25, 0.3) is 0 Å². The van der Waals surface area contributed by atoms with E-state index in [1.165, 1.54) is 0 Å². The Morgan fingerprint density at radius 1 is 1.12 bits per heavy atom. The first-order valence-corrected chi connectivity index (χ1v) is 17.5. The lowest BCUT2D eigenvalue weighted by molar-refractivity contribution is -0.324. The molecule has 13 heteroatoms. The topological polar surface area (TPSA) is 87.6 Å². The number of urea groups is 1. The summed E-state index contributed by atoms with van der Waals surface area (Å²) in [4.78, 5) is 30.7. The molecule has 0 spiro atoms. The molecule has 0 bridgehead atoms. The maximum atomic E-state index is 15.2. The number of piperazine rings is 1. The minimum Gasteiger partial charge on any atom is -0.353 e. The van der Waals surface area contributed by atoms with Crippen LogP contribution < -0.4 is 5.32 Å². The summed E-state index contributed by atoms with van der Waals surface area (Å²) in [5.74, 6) is -0.312. The van der Waals surface area contributed by atoms with Crippen molar-refractivity contribution in [3.05, 3.63) is 101 Å². The smallest absolute Gasteiger partial charge is 0.339 e. The van der Waals surface area contributed by atoms with Crippen molar-refractivity contribution in [2.75, 3.05) is 52.7 Å². The molecule has 5 unspecified atom stereocenters. The van der Waals surface area contributed by atoms with Gasteiger partial charge in [0.1, 0.15) is 24.7 Å². The number of nitrogens with one attached hydrogen (secondary N) is 1. The van der Waals surface area contributed by atoms with Crippen LogP contribution in [0.2, 0.25) is 10.0 Å². The van der Waals surface area contributed by atoms with Gasteiger partial charge in [0.2, 0.25) is 0 Å². The summed E-state index contributed by atoms with van der Waals surface area (Å²) in [7, 11) is 0. The number of ether oxygens (including phenoxy) is 2. The number of rotatable bonds is 11. The number of nitrogens with zero attached hydrogens (tertiary/aromatic N) is 6. The Balaban J connectivity index is 1.39. The van der Waals surface area contributed by atoms with Crippen molar-refractivity contribution < 1.29 is 19.1 Å². The monoisotopic (exact) mass is 695 g/mol. The molecule has 2 aromatic rings. The van der Waals surface area contributed by atoms with Crippen LogP contribution in [0, 0.1) is 5.92 Å². The highest BCUT2D eigenvalue weighted by Crippen LogP contribution is 2.49. The van der Waals surface area contributed by atoms with Crippen molar-refractivity contribution in [1.29, 1.82) is 0 Å². The van der Waals surface area contributed by atoms with Gasteiger partial charge < -0.3 is 24.3 Å². The van der Waals surface area contributed by atoms with Crippen molar-refractivity contribution in [3.8, 4) is 0 Å². The van der Waals surface area contributed by atoms with Gasteiger partial charge in [0.15, 0.2) is 0 Å². The van der Waals surface area contributed by atoms with E-state index >= 15 is 4.79 Å². The first-order valence-electron chi connectivity index (χ1n) is 16.8. The van der Waals surface area contributed by atoms with Crippen LogP contribution in [0.4, 0.5) is 4.79 Å². The molecule has 5 atom stereocenters. The van der Waals surface area contributed by atoms with E-state index in [0.29, 0.717) is 36.2 Å². The summed E-state index contributed by atoms with van der Waals surface area (Å²) in [6, 6.07) is 5.56. The number of carbonyl (C=O) groups excluding carboxylic acids is 1. The molecule has 11 nitrogen and oxygen atoms in total. The first kappa shape index (κ1) is 33.5. The number of hydroxylamine groups is 1. The fraction of sp³-hybridized carbons (Fsp3) is 0.486. The van der Waals surface area contributed by atoms with Crippen molar-refractivity contribution in [2.24, 2.45) is 5.92 Å². The highest BCUT2D eigenvalue weighted by molar-refractivity contribution is 6.35. The molecule has 48 heavy (non-hydrogen) atoms. The van der Waals surface area contributed by atoms with Gasteiger partial charge in [0, 0.05) is 79.5 Å². The van der Waals surface area contributed by atoms with Crippen molar-refractivity contribution in [3.63, 3.8) is 0 Å². The highest BCUT2D eigenvalue weighted by Gasteiger charge is 2.60. The van der Waals surface area contributed by atoms with Crippen molar-refractivity contribution in [1.82, 2.24) is 34.8 Å². The minimum absolute atomic E-state index is 0.106. The van der Waals surface area contributed by atoms with Gasteiger partial charge in [0.05, 0.1) is 19.5 Å². The van der Waals surface area contributed by atoms with E-state index in [1.807, 2.05) is 51.9 Å². The molecule has 3 fully saturated rings. The number of benzene rings is 1. The molecule has 7 rings (SSSR count). The number of hydrogen-bond acceptors (Lipinski definition) is 8. The summed E-state index contributed by atoms with van der Waals surface area (Å²) < 4.78 is 13.4. The number of aromatic nitrogens is 2. The Morgan fingerprint density at radius 3 is 2.69 bits per heavy atom. The Hall–Kier alpha value is -3.00. The number of amides is 2. The molecule has 0 saturated carbocycles. The molecule has 1 aromatic heterocycles. The summed E-state index contributed by atoms with van der Waals surface area (Å²) in [5, 5.41) is 8.31. The van der Waals surface area contributed by atoms with E-state index in [0.717, 1.165) is 38.2 Å². The Kier molecular flexibility index (Phi) is 10.1. The molecule has 2 amide bonds. The highest BCUT2D eigenvalue weighted by atomic mass is 35.5. The number of hydrazine groups is 1. The van der Waals surface area contributed by atoms with E-state index < -0.39 is 17.2 Å². The molecule has 2 aliphatic carbocycles. The molecule has 1 aromatic carbocycles. The van der Waals surface area contributed by atoms with Crippen LogP contribution in [-0.4, -0.2) is 106 Å². The second-order valence-electron chi connectivity index (χ2n) is 12.9. The Labute approximate surface area is 291 Å². The van der Waals surface area contributed by atoms with Gasteiger partial charge in [-0.1, -0.05) is 83.9 Å². The molecule has 3 saturated heterocycles. The van der Waals surface area contributed by atoms with Gasteiger partial charge in [-0.3, -0.25) is 9.74 Å². The van der Waals surface area contributed by atoms with Gasteiger partial charge in [0.25, 0.3) is 0 Å². The maximum absolute atomic E-state index is 15.2. The number of hydrogen-bond donors (Lipinski definition) is 1. The molecular formula is C35H43Cl2N7O4. The first-order chi connectivity index (χ1) is 23.5. The van der Waals surface area contributed by atoms with Gasteiger partial charge in [-0.05, 0) is 30.2 Å². The second kappa shape index (κ2) is 14.5. The van der Waals surface area contributed by atoms with Gasteiger partial charge in [-0.25, -0.2) is 14.8 Å². The van der Waals surface area contributed by atoms with E-state index in [4.69, 9.17) is 37.5 Å². The predicted octanol–water partition coefficient (Wildman–Crippen LogP) is 4.98. The summed E-state index contributed by atoms with van der Waals surface area (Å²) in [6.07, 6.45) is 23.0. The lowest BCUT2D eigenvalue weighted by atomic mass is 9.66. The molecule has 256 valence electrons. The van der Waals surface area contributed by atoms with Gasteiger partial charge in [-0.2, -0.15) is 0 Å². The quantitative estimate of drug-likeness (QED) is 0.352. The molecular weight excluding hydrogens is 653 g/mol. The van der Waals surface area contributed by atoms with E-state index in [9.17, 15) is 0 Å². The molecule has 4 heterocycles. The van der Waals surface area contributed by atoms with Gasteiger partial charge >= 0.3 is 6.03 Å². The Morgan fingerprint density at radius 2 is 1.98 bits per heavy atom. The van der Waals surface area contributed by atoms with Crippen molar-refractivity contribution in [2.45, 2.75) is 49.7 Å². The largest absolute Gasteiger partial charge is 0.353 e. The van der Waals surface area contributed by atoms with Crippen LogP contribution in [0.15, 0.2) is 85.5 Å². The minimum atomic E-state index is -0.777. The summed E-state index contributed by atoms with van der Waals surface area (Å²) >= 11 is 13.5. The molecule has 5 aliphatic rings. The van der Waals surface area contributed by atoms with E-state index in [2.05, 4.69) is 63.1 Å². The van der Waals surface area contributed by atoms with Gasteiger partial charge in [-0.15, -0.1) is 0 Å². The SMILES string of the molecule is CCCN1C(=O)N(C2(N3CCNCC3)C=CC=CC2)N(OCC2COCO2)C1C1C=CC=CC1(Cn1ccnc1)c1ccc(Cl)cc1Cl. The molecule has 0 radical (unpaired) electrons. The average molecular weight is 697 g/mol. The molecule has 3 aliphatic heterocycles. The lowest BCUT2D eigenvalue weighted by Gasteiger charge is -2.52. The second-order valence-corrected chi connectivity index (χ2v) is 13.7. The third kappa shape index (κ3) is 6.16. The van der Waals surface area contributed by atoms with Crippen LogP contribution in [0.1, 0.15) is 25.3 Å². The average Bonchev–Trinajstić information content (AvgIpc) is 3.87. The van der Waals surface area contributed by atoms with Crippen LogP contribution in [-0.2, 0) is 26.3 Å². The van der Waals surface area contributed by atoms with E-state index in [-0.39, 0.29) is 31.5 Å². The number of halogens is 2. The summed E-state index contributed by atoms with van der Waals surface area (Å²) in [6.45, 7) is 7.24. The van der Waals surface area contributed by atoms with Crippen LogP contribution in [0.5, 0.6) is 0 Å². The third-order valence-corrected chi connectivity index (χ3v) is 10.5. The standard InChI is InChI=1S/C35H43Cl2N7O4/c1-2-17-42-32(30-8-4-7-11-34(30,24-40-18-14-39-25-40)29-10-9-27(36)21-31(29)37)44(48-23-28-22-46-26-47-28)43(33(42)45)35(12-5-3-6-13-35)41-19-15-38-16-20-41/h3-12,14,18,21,25,28,30,32,38H,2,13,15-17,19-20,22-24,26H2,1H3. The zero-order chi connectivity index (χ0) is 33.1. The number of imidazole rings is 1. The predicted molar refractivity (Wildman–Crippen MR) is 184 cm³/mol.